The van der Waals surface area contributed by atoms with Crippen molar-refractivity contribution in [2.45, 2.75) is 19.1 Å². The largest absolute Gasteiger partial charge is 0.439 e. The normalized spacial score (nSPS) is 12.1. The van der Waals surface area contributed by atoms with Crippen LogP contribution in [0.25, 0.3) is 11.3 Å². The van der Waals surface area contributed by atoms with Crippen LogP contribution in [0.1, 0.15) is 11.1 Å². The molecule has 0 aliphatic heterocycles. The molecule has 0 aliphatic rings. The SMILES string of the molecule is COCCN(Cc1c(-c2ccccc2)nn(C)c1Oc1cccc(F)c1)C[C@@H](O)Cc1ccccc1. The number of aliphatic hydroxyl groups is 1. The van der Waals surface area contributed by atoms with Crippen molar-refractivity contribution in [1.29, 1.82) is 0 Å². The number of hydrogen-bond donors (Lipinski definition) is 1. The number of ether oxygens (including phenoxy) is 2. The Morgan fingerprint density at radius 2 is 1.72 bits per heavy atom. The number of halogens is 1. The molecule has 0 aliphatic carbocycles. The van der Waals surface area contributed by atoms with Crippen LogP contribution >= 0.6 is 0 Å². The van der Waals surface area contributed by atoms with E-state index in [1.54, 1.807) is 23.9 Å². The maximum Gasteiger partial charge on any atom is 0.222 e. The first kappa shape index (κ1) is 25.6. The van der Waals surface area contributed by atoms with Gasteiger partial charge in [-0.05, 0) is 24.1 Å². The van der Waals surface area contributed by atoms with Crippen molar-refractivity contribution in [1.82, 2.24) is 14.7 Å². The van der Waals surface area contributed by atoms with Crippen LogP contribution in [-0.2, 0) is 24.8 Å². The quantitative estimate of drug-likeness (QED) is 0.301. The molecule has 0 spiro atoms. The maximum atomic E-state index is 13.9. The Balaban J connectivity index is 1.64. The Morgan fingerprint density at radius 3 is 2.42 bits per heavy atom. The topological polar surface area (TPSA) is 59.8 Å². The van der Waals surface area contributed by atoms with Crippen LogP contribution in [0.5, 0.6) is 11.6 Å². The fraction of sp³-hybridized carbons (Fsp3) is 0.276. The molecule has 0 fully saturated rings. The average Bonchev–Trinajstić information content (AvgIpc) is 3.18. The van der Waals surface area contributed by atoms with E-state index >= 15 is 0 Å². The third kappa shape index (κ3) is 6.79. The number of benzene rings is 3. The van der Waals surface area contributed by atoms with Gasteiger partial charge in [0.2, 0.25) is 5.88 Å². The number of aliphatic hydroxyl groups excluding tert-OH is 1. The van der Waals surface area contributed by atoms with Gasteiger partial charge in [-0.25, -0.2) is 9.07 Å². The molecular weight excluding hydrogens is 457 g/mol. The molecular formula is C29H32FN3O3. The molecule has 1 heterocycles. The standard InChI is InChI=1S/C29H32FN3O3/c1-32-29(36-26-15-9-14-24(30)19-26)27(28(31-32)23-12-7-4-8-13-23)21-33(16-17-35-2)20-25(34)18-22-10-5-3-6-11-22/h3-15,19,25,34H,16-18,20-21H2,1-2H3/t25-/m0/s1. The summed E-state index contributed by atoms with van der Waals surface area (Å²) in [5.41, 5.74) is 3.67. The van der Waals surface area contributed by atoms with Crippen molar-refractivity contribution < 1.29 is 19.0 Å². The van der Waals surface area contributed by atoms with Crippen molar-refractivity contribution in [3.8, 4) is 22.9 Å². The van der Waals surface area contributed by atoms with Gasteiger partial charge in [0.1, 0.15) is 17.3 Å². The lowest BCUT2D eigenvalue weighted by molar-refractivity contribution is 0.0848. The molecule has 6 nitrogen and oxygen atoms in total. The molecule has 0 saturated carbocycles. The maximum absolute atomic E-state index is 13.9. The van der Waals surface area contributed by atoms with Crippen LogP contribution in [-0.4, -0.2) is 52.7 Å². The van der Waals surface area contributed by atoms with E-state index in [0.717, 1.165) is 22.4 Å². The van der Waals surface area contributed by atoms with Gasteiger partial charge in [-0.15, -0.1) is 0 Å². The van der Waals surface area contributed by atoms with Gasteiger partial charge >= 0.3 is 0 Å². The second-order valence-electron chi connectivity index (χ2n) is 8.75. The van der Waals surface area contributed by atoms with E-state index in [2.05, 4.69) is 4.90 Å². The number of nitrogens with zero attached hydrogens (tertiary/aromatic N) is 3. The Hall–Kier alpha value is -3.52. The van der Waals surface area contributed by atoms with Crippen LogP contribution in [0.3, 0.4) is 0 Å². The van der Waals surface area contributed by atoms with Crippen LogP contribution in [0.4, 0.5) is 4.39 Å². The summed E-state index contributed by atoms with van der Waals surface area (Å²) in [5.74, 6) is 0.552. The van der Waals surface area contributed by atoms with E-state index in [1.807, 2.05) is 67.7 Å². The van der Waals surface area contributed by atoms with Gasteiger partial charge in [0.15, 0.2) is 0 Å². The first-order valence-electron chi connectivity index (χ1n) is 12.0. The summed E-state index contributed by atoms with van der Waals surface area (Å²) in [4.78, 5) is 2.14. The summed E-state index contributed by atoms with van der Waals surface area (Å²) in [7, 11) is 3.48. The van der Waals surface area contributed by atoms with E-state index in [-0.39, 0.29) is 5.82 Å². The smallest absolute Gasteiger partial charge is 0.222 e. The second kappa shape index (κ2) is 12.4. The van der Waals surface area contributed by atoms with Crippen LogP contribution in [0.2, 0.25) is 0 Å². The lowest BCUT2D eigenvalue weighted by Gasteiger charge is -2.25. The van der Waals surface area contributed by atoms with Crippen LogP contribution < -0.4 is 4.74 Å². The summed E-state index contributed by atoms with van der Waals surface area (Å²) in [6.07, 6.45) is -0.0103. The highest BCUT2D eigenvalue weighted by molar-refractivity contribution is 5.65. The molecule has 1 aromatic heterocycles. The van der Waals surface area contributed by atoms with Gasteiger partial charge in [-0.3, -0.25) is 4.90 Å². The minimum absolute atomic E-state index is 0.370. The van der Waals surface area contributed by atoms with Crippen molar-refractivity contribution in [3.63, 3.8) is 0 Å². The van der Waals surface area contributed by atoms with Crippen LogP contribution in [0.15, 0.2) is 84.9 Å². The lowest BCUT2D eigenvalue weighted by Crippen LogP contribution is -2.35. The van der Waals surface area contributed by atoms with E-state index in [0.29, 0.717) is 44.3 Å². The zero-order valence-corrected chi connectivity index (χ0v) is 20.7. The Labute approximate surface area is 211 Å². The predicted molar refractivity (Wildman–Crippen MR) is 138 cm³/mol. The monoisotopic (exact) mass is 489 g/mol. The van der Waals surface area contributed by atoms with Gasteiger partial charge in [0.25, 0.3) is 0 Å². The zero-order chi connectivity index (χ0) is 25.3. The third-order valence-corrected chi connectivity index (χ3v) is 5.92. The highest BCUT2D eigenvalue weighted by Gasteiger charge is 2.23. The minimum Gasteiger partial charge on any atom is -0.439 e. The molecule has 188 valence electrons. The molecule has 36 heavy (non-hydrogen) atoms. The van der Waals surface area contributed by atoms with E-state index < -0.39 is 6.10 Å². The fourth-order valence-electron chi connectivity index (χ4n) is 4.22. The average molecular weight is 490 g/mol. The molecule has 0 saturated heterocycles. The fourth-order valence-corrected chi connectivity index (χ4v) is 4.22. The minimum atomic E-state index is -0.561. The summed E-state index contributed by atoms with van der Waals surface area (Å²) in [6, 6.07) is 25.9. The van der Waals surface area contributed by atoms with Gasteiger partial charge in [0.05, 0.1) is 18.3 Å². The molecule has 7 heteroatoms. The molecule has 4 rings (SSSR count). The predicted octanol–water partition coefficient (Wildman–Crippen LogP) is 5.07. The molecule has 4 aromatic rings. The lowest BCUT2D eigenvalue weighted by atomic mass is 10.1. The number of rotatable bonds is 12. The highest BCUT2D eigenvalue weighted by Crippen LogP contribution is 2.34. The van der Waals surface area contributed by atoms with Crippen molar-refractivity contribution >= 4 is 0 Å². The van der Waals surface area contributed by atoms with Gasteiger partial charge in [0, 0.05) is 45.4 Å². The summed E-state index contributed by atoms with van der Waals surface area (Å²) in [5, 5.41) is 15.7. The van der Waals surface area contributed by atoms with Crippen LogP contribution in [0, 0.1) is 5.82 Å². The first-order chi connectivity index (χ1) is 17.5. The molecule has 1 atom stereocenters. The second-order valence-corrected chi connectivity index (χ2v) is 8.75. The van der Waals surface area contributed by atoms with Gasteiger partial charge in [-0.1, -0.05) is 66.7 Å². The number of aromatic nitrogens is 2. The Morgan fingerprint density at radius 1 is 1.00 bits per heavy atom. The van der Waals surface area contributed by atoms with E-state index in [9.17, 15) is 9.50 Å². The Kier molecular flexibility index (Phi) is 8.84. The van der Waals surface area contributed by atoms with Crippen molar-refractivity contribution in [3.05, 3.63) is 102 Å². The summed E-state index contributed by atoms with van der Waals surface area (Å²) >= 11 is 0. The molecule has 0 amide bonds. The van der Waals surface area contributed by atoms with Crippen molar-refractivity contribution in [2.24, 2.45) is 7.05 Å². The van der Waals surface area contributed by atoms with Gasteiger partial charge in [-0.2, -0.15) is 5.10 Å². The number of aryl methyl sites for hydroxylation is 1. The highest BCUT2D eigenvalue weighted by atomic mass is 19.1. The Bertz CT molecular complexity index is 1230. The summed E-state index contributed by atoms with van der Waals surface area (Å²) < 4.78 is 27.1. The first-order valence-corrected chi connectivity index (χ1v) is 12.0. The number of methoxy groups -OCH3 is 1. The zero-order valence-electron chi connectivity index (χ0n) is 20.7. The molecule has 3 aromatic carbocycles. The van der Waals surface area contributed by atoms with E-state index in [4.69, 9.17) is 14.6 Å². The molecule has 0 bridgehead atoms. The summed E-state index contributed by atoms with van der Waals surface area (Å²) in [6.45, 7) is 2.04. The van der Waals surface area contributed by atoms with Crippen molar-refractivity contribution in [2.75, 3.05) is 26.8 Å². The third-order valence-electron chi connectivity index (χ3n) is 5.92. The molecule has 0 unspecified atom stereocenters. The van der Waals surface area contributed by atoms with Gasteiger partial charge < -0.3 is 14.6 Å². The number of hydrogen-bond acceptors (Lipinski definition) is 5. The molecule has 1 N–H and O–H groups in total. The van der Waals surface area contributed by atoms with E-state index in [1.165, 1.54) is 12.1 Å². The molecule has 0 radical (unpaired) electrons.